The second-order valence-corrected chi connectivity index (χ2v) is 23.6. The minimum Gasteiger partial charge on any atom is -0.395 e. The lowest BCUT2D eigenvalue weighted by Gasteiger charge is -2.19. The van der Waals surface area contributed by atoms with Gasteiger partial charge in [0.2, 0.25) is 0 Å². The van der Waals surface area contributed by atoms with E-state index in [1.807, 2.05) is 9.97 Å². The van der Waals surface area contributed by atoms with Gasteiger partial charge in [0.1, 0.15) is 136 Å². The molecule has 10 heterocycles. The molecule has 0 aromatic carbocycles. The summed E-state index contributed by atoms with van der Waals surface area (Å²) in [5, 5.41) is 161. The average Bonchev–Trinajstić information content (AvgIpc) is 1.72. The van der Waals surface area contributed by atoms with Crippen LogP contribution >= 0.6 is 0 Å². The summed E-state index contributed by atoms with van der Waals surface area (Å²) in [7, 11) is 2.85. The van der Waals surface area contributed by atoms with Gasteiger partial charge in [-0.05, 0) is 13.8 Å². The minimum atomic E-state index is -1.41. The van der Waals surface area contributed by atoms with Gasteiger partial charge in [-0.15, -0.1) is 0 Å². The van der Waals surface area contributed by atoms with Gasteiger partial charge in [0.25, 0.3) is 27.8 Å². The van der Waals surface area contributed by atoms with E-state index in [0.717, 1.165) is 26.1 Å². The predicted octanol–water partition coefficient (Wildman–Crippen LogP) is -14.0. The molecule has 5 aliphatic heterocycles. The Morgan fingerprint density at radius 2 is 0.619 bits per heavy atom. The first-order chi connectivity index (χ1) is 49.9. The van der Waals surface area contributed by atoms with Gasteiger partial charge >= 0.3 is 28.4 Å². The summed E-state index contributed by atoms with van der Waals surface area (Å²) in [6.07, 6.45) is -19.1. The molecule has 0 amide bonds. The van der Waals surface area contributed by atoms with Crippen molar-refractivity contribution < 1.29 is 129 Å². The minimum absolute atomic E-state index is 0.00760. The van der Waals surface area contributed by atoms with Gasteiger partial charge in [0.05, 0.1) is 93.7 Å². The summed E-state index contributed by atoms with van der Waals surface area (Å²) >= 11 is 0. The van der Waals surface area contributed by atoms with E-state index in [1.165, 1.54) is 41.9 Å². The van der Waals surface area contributed by atoms with Crippen molar-refractivity contribution >= 4 is 0 Å². The number of hydrogen-bond acceptors (Lipinski definition) is 36. The number of hydrogen-bond donors (Lipinski definition) is 22. The number of aliphatic hydroxyl groups is 17. The van der Waals surface area contributed by atoms with Crippen LogP contribution in [0.4, 0.5) is 0 Å². The molecule has 0 unspecified atom stereocenters. The fourth-order valence-electron chi connectivity index (χ4n) is 11.2. The molecule has 5 aromatic rings. The quantitative estimate of drug-likeness (QED) is 0.0255. The molecule has 105 heavy (non-hydrogen) atoms. The van der Waals surface area contributed by atoms with E-state index < -0.39 is 224 Å². The summed E-state index contributed by atoms with van der Waals surface area (Å²) in [6.45, 7) is 1.23. The van der Waals surface area contributed by atoms with Crippen LogP contribution in [-0.2, 0) is 75.7 Å². The molecular formula is C59H88N10O36. The first-order valence-electron chi connectivity index (χ1n) is 32.1. The van der Waals surface area contributed by atoms with E-state index in [-0.39, 0.29) is 67.4 Å². The Hall–Kier alpha value is -7.64. The molecule has 0 aliphatic carbocycles. The Bertz CT molecular complexity index is 4120. The highest BCUT2D eigenvalue weighted by Crippen LogP contribution is 2.36. The van der Waals surface area contributed by atoms with Crippen molar-refractivity contribution in [2.24, 2.45) is 0 Å². The van der Waals surface area contributed by atoms with Crippen molar-refractivity contribution in [3.8, 4) is 0 Å². The van der Waals surface area contributed by atoms with E-state index in [2.05, 4.69) is 15.0 Å². The third kappa shape index (κ3) is 20.5. The maximum atomic E-state index is 12.1. The molecule has 0 spiro atoms. The molecule has 590 valence electrons. The van der Waals surface area contributed by atoms with Crippen molar-refractivity contribution in [3.05, 3.63) is 163 Å². The van der Waals surface area contributed by atoms with E-state index in [0.29, 0.717) is 13.2 Å². The Morgan fingerprint density at radius 1 is 0.362 bits per heavy atom. The second kappa shape index (κ2) is 39.8. The number of ether oxygens (including phenoxy) is 9. The van der Waals surface area contributed by atoms with E-state index in [9.17, 15) is 99.0 Å². The van der Waals surface area contributed by atoms with Gasteiger partial charge in [-0.3, -0.25) is 71.7 Å². The van der Waals surface area contributed by atoms with Gasteiger partial charge in [-0.1, -0.05) is 0 Å². The molecule has 0 radical (unpaired) electrons. The summed E-state index contributed by atoms with van der Waals surface area (Å²) in [5.41, 5.74) is -7.35. The Balaban J connectivity index is 0.000000206. The van der Waals surface area contributed by atoms with E-state index in [1.54, 1.807) is 13.8 Å². The molecule has 5 fully saturated rings. The topological polar surface area (TPSA) is 701 Å². The van der Waals surface area contributed by atoms with Crippen molar-refractivity contribution in [2.45, 2.75) is 175 Å². The van der Waals surface area contributed by atoms with Crippen LogP contribution in [0, 0.1) is 0 Å². The Kier molecular flexibility index (Phi) is 32.7. The molecule has 10 rings (SSSR count). The third-order valence-electron chi connectivity index (χ3n) is 16.8. The van der Waals surface area contributed by atoms with Crippen molar-refractivity contribution in [3.63, 3.8) is 0 Å². The average molecular weight is 1510 g/mol. The molecular weight excluding hydrogens is 1420 g/mol. The third-order valence-corrected chi connectivity index (χ3v) is 16.8. The summed E-state index contributed by atoms with van der Waals surface area (Å²) in [5.74, 6) is 0. The standard InChI is InChI=1S/C15H24N2O8.C12H18N2O7.2C11H16N2O7.C10H14N2O7/c1-3-23-10(24-4-2)6-17-5-8(14(21)16-15(17)22)13-12(20)11(19)9(7-18)25-13;1-20-3-2-14-4-6(11(18)13-12(14)19)10-9(17)8(16)7(5-15)21-10;1-19-4-13-2-5(10(17)12-11(13)18)9-8(16)7(15)6(3-14)20-9;14-2-1-13-3-5(10(18)12-11(13)19)9-8(17)7(16)6(4-15)20-9;13-2-5-6(15)7(16)8(19-5)4-1-12(3-14)10(18)11-9(4)17/h5,9-13,18-20H,3-4,6-7H2,1-2H3,(H,16,21,22);4,7-10,15-17H,2-3,5H2,1H3,(H,13,18,19);2,6-9,14-16H,3-4H2,1H3,(H,12,17,18);3,6-9,14-17H,1-2,4H2,(H,12,18,19);1,5-8,13-16H,2-3H2,(H,11,17,18)/t9-,11-,12-,13+;7-,8-,9-,10+;2*6-,7-,8-,9+;5-,6-,7-,8+/m11111/s1. The van der Waals surface area contributed by atoms with Crippen LogP contribution in [0.2, 0.25) is 0 Å². The zero-order valence-electron chi connectivity index (χ0n) is 56.5. The van der Waals surface area contributed by atoms with Crippen LogP contribution in [0.5, 0.6) is 0 Å². The maximum Gasteiger partial charge on any atom is 0.330 e. The number of H-pyrrole nitrogens is 5. The molecule has 5 aromatic heterocycles. The lowest BCUT2D eigenvalue weighted by atomic mass is 10.0. The van der Waals surface area contributed by atoms with Crippen LogP contribution in [0.15, 0.2) is 78.9 Å². The first-order valence-corrected chi connectivity index (χ1v) is 32.1. The van der Waals surface area contributed by atoms with Crippen LogP contribution in [-0.4, -0.2) is 306 Å². The second-order valence-electron chi connectivity index (χ2n) is 23.6. The highest BCUT2D eigenvalue weighted by Gasteiger charge is 2.49. The predicted molar refractivity (Wildman–Crippen MR) is 345 cm³/mol. The smallest absolute Gasteiger partial charge is 0.330 e. The highest BCUT2D eigenvalue weighted by molar-refractivity contribution is 5.19. The lowest BCUT2D eigenvalue weighted by Crippen LogP contribution is -2.38. The number of aromatic amines is 5. The van der Waals surface area contributed by atoms with Gasteiger partial charge in [-0.2, -0.15) is 0 Å². The Labute approximate surface area is 587 Å². The van der Waals surface area contributed by atoms with E-state index >= 15 is 0 Å². The molecule has 5 aliphatic rings. The molecule has 22 N–H and O–H groups in total. The number of nitrogens with zero attached hydrogens (tertiary/aromatic N) is 5. The maximum absolute atomic E-state index is 12.1. The summed E-state index contributed by atoms with van der Waals surface area (Å²) < 4.78 is 52.1. The van der Waals surface area contributed by atoms with Gasteiger partial charge < -0.3 is 129 Å². The lowest BCUT2D eigenvalue weighted by molar-refractivity contribution is -0.144. The number of methoxy groups -OCH3 is 2. The zero-order valence-corrected chi connectivity index (χ0v) is 56.5. The van der Waals surface area contributed by atoms with Crippen molar-refractivity contribution in [1.29, 1.82) is 0 Å². The fourth-order valence-corrected chi connectivity index (χ4v) is 11.2. The molecule has 20 atom stereocenters. The van der Waals surface area contributed by atoms with Crippen LogP contribution in [0.25, 0.3) is 0 Å². The van der Waals surface area contributed by atoms with Crippen LogP contribution < -0.4 is 56.2 Å². The largest absolute Gasteiger partial charge is 0.395 e. The number of aromatic nitrogens is 10. The van der Waals surface area contributed by atoms with Crippen LogP contribution in [0.1, 0.15) is 72.2 Å². The summed E-state index contributed by atoms with van der Waals surface area (Å²) in [4.78, 5) is 127. The zero-order chi connectivity index (χ0) is 78.0. The summed E-state index contributed by atoms with van der Waals surface area (Å²) in [6, 6.07) is 0. The molecule has 0 bridgehead atoms. The Morgan fingerprint density at radius 3 is 0.876 bits per heavy atom. The fraction of sp³-hybridized carbons (Fsp3) is 0.661. The molecule has 46 heteroatoms. The highest BCUT2D eigenvalue weighted by atomic mass is 16.7. The first kappa shape index (κ1) is 86.3. The number of nitrogens with one attached hydrogen (secondary N) is 5. The van der Waals surface area contributed by atoms with Crippen molar-refractivity contribution in [1.82, 2.24) is 47.8 Å². The van der Waals surface area contributed by atoms with Gasteiger partial charge in [0, 0.05) is 58.4 Å². The van der Waals surface area contributed by atoms with Crippen molar-refractivity contribution in [2.75, 3.05) is 73.7 Å². The number of rotatable bonds is 24. The monoisotopic (exact) mass is 1510 g/mol. The molecule has 5 saturated heterocycles. The van der Waals surface area contributed by atoms with Gasteiger partial charge in [0.15, 0.2) is 6.29 Å². The molecule has 46 nitrogen and oxygen atoms in total. The van der Waals surface area contributed by atoms with E-state index in [4.69, 9.17) is 78.4 Å². The van der Waals surface area contributed by atoms with Gasteiger partial charge in [-0.25, -0.2) is 24.0 Å². The number of aliphatic hydroxyl groups excluding tert-OH is 17. The van der Waals surface area contributed by atoms with Crippen LogP contribution in [0.3, 0.4) is 0 Å². The molecule has 0 saturated carbocycles. The SMILES string of the molecule is CCOC(Cn1cc([C@@H]2O[C@H](CO)[C@@H](O)[C@H]2O)c(=O)[nH]c1=O)OCC.COCCn1cc([C@@H]2O[C@H](CO)[C@@H](O)[C@H]2O)c(=O)[nH]c1=O.COCn1cc([C@@H]2O[C@H](CO)[C@@H](O)[C@H]2O)c(=O)[nH]c1=O.O=c1[nH]c(=O)n(CCO)cc1[C@@H]1O[C@H](CO)[C@@H](O)[C@H]1O.O=c1[nH]c(=O)n(CO)cc1[C@@H]1O[C@H](CO)[C@@H](O)[C@H]1O. The normalized spacial score (nSPS) is 29.0.